The molecule has 0 unspecified atom stereocenters. The molecule has 0 atom stereocenters. The molecule has 4 nitrogen and oxygen atoms in total. The Hall–Kier alpha value is -1.42. The van der Waals surface area contributed by atoms with Gasteiger partial charge in [-0.3, -0.25) is 4.90 Å². The Morgan fingerprint density at radius 3 is 2.63 bits per heavy atom. The fraction of sp³-hybridized carbons (Fsp3) is 0.600. The summed E-state index contributed by atoms with van der Waals surface area (Å²) in [5.41, 5.74) is 7.91. The predicted octanol–water partition coefficient (Wildman–Crippen LogP) is 2.42. The Morgan fingerprint density at radius 1 is 1.00 bits per heavy atom. The first-order valence-electron chi connectivity index (χ1n) is 7.23. The van der Waals surface area contributed by atoms with Crippen molar-refractivity contribution < 1.29 is 9.47 Å². The highest BCUT2D eigenvalue weighted by molar-refractivity contribution is 5.57. The SMILES string of the molecule is Nc1cc(CN2CCCCC2)c2c(c1)OCCCO2. The molecule has 2 aliphatic rings. The number of nitrogen functional groups attached to an aromatic ring is 1. The molecular formula is C15H22N2O2. The quantitative estimate of drug-likeness (QED) is 0.832. The summed E-state index contributed by atoms with van der Waals surface area (Å²) in [4.78, 5) is 2.48. The van der Waals surface area contributed by atoms with E-state index in [0.717, 1.165) is 36.8 Å². The first-order valence-corrected chi connectivity index (χ1v) is 7.23. The lowest BCUT2D eigenvalue weighted by molar-refractivity contribution is 0.216. The van der Waals surface area contributed by atoms with Crippen molar-refractivity contribution >= 4 is 5.69 Å². The van der Waals surface area contributed by atoms with E-state index < -0.39 is 0 Å². The molecule has 0 aromatic heterocycles. The molecule has 1 fully saturated rings. The van der Waals surface area contributed by atoms with Crippen LogP contribution in [0.5, 0.6) is 11.5 Å². The number of ether oxygens (including phenoxy) is 2. The molecule has 1 aromatic carbocycles. The Kier molecular flexibility index (Phi) is 3.78. The summed E-state index contributed by atoms with van der Waals surface area (Å²) < 4.78 is 11.6. The van der Waals surface area contributed by atoms with Crippen molar-refractivity contribution in [2.24, 2.45) is 0 Å². The summed E-state index contributed by atoms with van der Waals surface area (Å²) in [7, 11) is 0. The molecule has 1 saturated heterocycles. The fourth-order valence-electron chi connectivity index (χ4n) is 2.85. The van der Waals surface area contributed by atoms with E-state index in [1.54, 1.807) is 0 Å². The van der Waals surface area contributed by atoms with Crippen molar-refractivity contribution in [1.29, 1.82) is 0 Å². The number of hydrogen-bond acceptors (Lipinski definition) is 4. The van der Waals surface area contributed by atoms with Crippen molar-refractivity contribution in [1.82, 2.24) is 4.90 Å². The number of anilines is 1. The van der Waals surface area contributed by atoms with E-state index >= 15 is 0 Å². The molecular weight excluding hydrogens is 240 g/mol. The van der Waals surface area contributed by atoms with Gasteiger partial charge in [0, 0.05) is 30.3 Å². The highest BCUT2D eigenvalue weighted by atomic mass is 16.5. The molecule has 0 radical (unpaired) electrons. The molecule has 104 valence electrons. The summed E-state index contributed by atoms with van der Waals surface area (Å²) in [5, 5.41) is 0. The number of piperidine rings is 1. The van der Waals surface area contributed by atoms with E-state index in [0.29, 0.717) is 6.61 Å². The topological polar surface area (TPSA) is 47.7 Å². The minimum atomic E-state index is 0.708. The highest BCUT2D eigenvalue weighted by Crippen LogP contribution is 2.36. The van der Waals surface area contributed by atoms with Crippen LogP contribution in [0.15, 0.2) is 12.1 Å². The monoisotopic (exact) mass is 262 g/mol. The third-order valence-electron chi connectivity index (χ3n) is 3.79. The first-order chi connectivity index (χ1) is 9.33. The van der Waals surface area contributed by atoms with Gasteiger partial charge in [0.1, 0.15) is 0 Å². The van der Waals surface area contributed by atoms with E-state index in [4.69, 9.17) is 15.2 Å². The second-order valence-electron chi connectivity index (χ2n) is 5.39. The van der Waals surface area contributed by atoms with Crippen molar-refractivity contribution in [2.45, 2.75) is 32.2 Å². The normalized spacial score (nSPS) is 20.0. The molecule has 1 aromatic rings. The minimum absolute atomic E-state index is 0.708. The van der Waals surface area contributed by atoms with Crippen LogP contribution in [0, 0.1) is 0 Å². The molecule has 2 N–H and O–H groups in total. The van der Waals surface area contributed by atoms with Gasteiger partial charge in [-0.15, -0.1) is 0 Å². The van der Waals surface area contributed by atoms with Crippen LogP contribution in [0.25, 0.3) is 0 Å². The van der Waals surface area contributed by atoms with E-state index in [1.165, 1.54) is 37.9 Å². The Morgan fingerprint density at radius 2 is 1.79 bits per heavy atom. The summed E-state index contributed by atoms with van der Waals surface area (Å²) >= 11 is 0. The van der Waals surface area contributed by atoms with Gasteiger partial charge in [-0.1, -0.05) is 6.42 Å². The molecule has 0 bridgehead atoms. The van der Waals surface area contributed by atoms with E-state index in [2.05, 4.69) is 4.90 Å². The van der Waals surface area contributed by atoms with E-state index in [1.807, 2.05) is 12.1 Å². The highest BCUT2D eigenvalue weighted by Gasteiger charge is 2.19. The minimum Gasteiger partial charge on any atom is -0.489 e. The van der Waals surface area contributed by atoms with Gasteiger partial charge >= 0.3 is 0 Å². The number of likely N-dealkylation sites (tertiary alicyclic amines) is 1. The van der Waals surface area contributed by atoms with Crippen LogP contribution in [0.3, 0.4) is 0 Å². The lowest BCUT2D eigenvalue weighted by atomic mass is 10.1. The van der Waals surface area contributed by atoms with Crippen LogP contribution < -0.4 is 15.2 Å². The van der Waals surface area contributed by atoms with E-state index in [-0.39, 0.29) is 0 Å². The second kappa shape index (κ2) is 5.70. The van der Waals surface area contributed by atoms with Gasteiger partial charge in [-0.2, -0.15) is 0 Å². The van der Waals surface area contributed by atoms with Gasteiger partial charge in [0.25, 0.3) is 0 Å². The predicted molar refractivity (Wildman–Crippen MR) is 75.6 cm³/mol. The summed E-state index contributed by atoms with van der Waals surface area (Å²) in [5.74, 6) is 1.71. The lowest BCUT2D eigenvalue weighted by Gasteiger charge is -2.27. The maximum Gasteiger partial charge on any atom is 0.165 e. The van der Waals surface area contributed by atoms with Crippen LogP contribution in [-0.2, 0) is 6.54 Å². The number of rotatable bonds is 2. The first kappa shape index (κ1) is 12.6. The number of benzene rings is 1. The average molecular weight is 262 g/mol. The van der Waals surface area contributed by atoms with Gasteiger partial charge < -0.3 is 15.2 Å². The van der Waals surface area contributed by atoms with E-state index in [9.17, 15) is 0 Å². The molecule has 0 spiro atoms. The van der Waals surface area contributed by atoms with Gasteiger partial charge in [-0.25, -0.2) is 0 Å². The zero-order valence-electron chi connectivity index (χ0n) is 11.4. The molecule has 0 saturated carbocycles. The zero-order valence-corrected chi connectivity index (χ0v) is 11.4. The molecule has 2 aliphatic heterocycles. The number of hydrogen-bond donors (Lipinski definition) is 1. The Bertz CT molecular complexity index is 442. The zero-order chi connectivity index (χ0) is 13.1. The average Bonchev–Trinajstić information content (AvgIpc) is 2.65. The third-order valence-corrected chi connectivity index (χ3v) is 3.79. The van der Waals surface area contributed by atoms with Crippen molar-refractivity contribution in [3.63, 3.8) is 0 Å². The maximum absolute atomic E-state index is 5.98. The van der Waals surface area contributed by atoms with Crippen LogP contribution in [0.4, 0.5) is 5.69 Å². The van der Waals surface area contributed by atoms with Crippen molar-refractivity contribution in [3.8, 4) is 11.5 Å². The largest absolute Gasteiger partial charge is 0.489 e. The van der Waals surface area contributed by atoms with Gasteiger partial charge in [0.05, 0.1) is 13.2 Å². The van der Waals surface area contributed by atoms with Gasteiger partial charge in [-0.05, 0) is 32.0 Å². The number of fused-ring (bicyclic) bond motifs is 1. The molecule has 0 amide bonds. The fourth-order valence-corrected chi connectivity index (χ4v) is 2.85. The summed E-state index contributed by atoms with van der Waals surface area (Å²) in [6, 6.07) is 3.91. The smallest absolute Gasteiger partial charge is 0.165 e. The van der Waals surface area contributed by atoms with Crippen molar-refractivity contribution in [3.05, 3.63) is 17.7 Å². The van der Waals surface area contributed by atoms with Crippen LogP contribution >= 0.6 is 0 Å². The maximum atomic E-state index is 5.98. The standard InChI is InChI=1S/C15H22N2O2/c16-13-9-12(11-17-5-2-1-3-6-17)15-14(10-13)18-7-4-8-19-15/h9-10H,1-8,11,16H2. The number of nitrogens with zero attached hydrogens (tertiary/aromatic N) is 1. The lowest BCUT2D eigenvalue weighted by Crippen LogP contribution is -2.29. The Labute approximate surface area is 114 Å². The molecule has 0 aliphatic carbocycles. The van der Waals surface area contributed by atoms with Gasteiger partial charge in [0.2, 0.25) is 0 Å². The van der Waals surface area contributed by atoms with Crippen LogP contribution in [0.1, 0.15) is 31.2 Å². The second-order valence-corrected chi connectivity index (χ2v) is 5.39. The van der Waals surface area contributed by atoms with Gasteiger partial charge in [0.15, 0.2) is 11.5 Å². The Balaban J connectivity index is 1.84. The van der Waals surface area contributed by atoms with Crippen LogP contribution in [-0.4, -0.2) is 31.2 Å². The molecule has 4 heteroatoms. The summed E-state index contributed by atoms with van der Waals surface area (Å²) in [6.07, 6.45) is 4.87. The molecule has 19 heavy (non-hydrogen) atoms. The molecule has 2 heterocycles. The van der Waals surface area contributed by atoms with Crippen molar-refractivity contribution in [2.75, 3.05) is 32.0 Å². The summed E-state index contributed by atoms with van der Waals surface area (Å²) in [6.45, 7) is 4.69. The number of nitrogens with two attached hydrogens (primary N) is 1. The van der Waals surface area contributed by atoms with Crippen LogP contribution in [0.2, 0.25) is 0 Å². The molecule has 3 rings (SSSR count). The third kappa shape index (κ3) is 2.95.